The molecule has 2 N–H and O–H groups in total. The summed E-state index contributed by atoms with van der Waals surface area (Å²) in [6.07, 6.45) is 4.35. The number of hydrogen-bond donors (Lipinski definition) is 2. The largest absolute Gasteiger partial charge is 0.387 e. The Bertz CT molecular complexity index is 350. The van der Waals surface area contributed by atoms with Crippen molar-refractivity contribution in [2.75, 3.05) is 0 Å². The summed E-state index contributed by atoms with van der Waals surface area (Å²) in [4.78, 5) is 3.66. The van der Waals surface area contributed by atoms with Crippen LogP contribution in [0.3, 0.4) is 0 Å². The Morgan fingerprint density at radius 3 is 2.60 bits per heavy atom. The molecule has 1 unspecified atom stereocenters. The Labute approximate surface area is 87.6 Å². The fraction of sp³-hybridized carbons (Fsp3) is 0.545. The van der Waals surface area contributed by atoms with E-state index in [0.717, 1.165) is 19.0 Å². The van der Waals surface area contributed by atoms with Crippen molar-refractivity contribution in [1.82, 2.24) is 4.98 Å². The van der Waals surface area contributed by atoms with Crippen molar-refractivity contribution in [1.29, 1.82) is 0 Å². The summed E-state index contributed by atoms with van der Waals surface area (Å²) in [6, 6.07) is 1.22. The summed E-state index contributed by atoms with van der Waals surface area (Å²) < 4.78 is 12.9. The first-order valence-electron chi connectivity index (χ1n) is 5.13. The molecule has 1 fully saturated rings. The van der Waals surface area contributed by atoms with Gasteiger partial charge in [-0.25, -0.2) is 4.39 Å². The molecule has 1 saturated carbocycles. The summed E-state index contributed by atoms with van der Waals surface area (Å²) in [5.41, 5.74) is -0.755. The van der Waals surface area contributed by atoms with E-state index in [9.17, 15) is 14.6 Å². The van der Waals surface area contributed by atoms with Gasteiger partial charge in [0.15, 0.2) is 0 Å². The van der Waals surface area contributed by atoms with E-state index in [4.69, 9.17) is 0 Å². The predicted molar refractivity (Wildman–Crippen MR) is 52.6 cm³/mol. The second-order valence-corrected chi connectivity index (χ2v) is 4.15. The standard InChI is InChI=1S/C11H14FNO2/c12-9-5-8(6-13-7-9)10(14)11(15)3-1-2-4-11/h5-7,10,14-15H,1-4H2. The van der Waals surface area contributed by atoms with Gasteiger partial charge in [0.05, 0.1) is 11.8 Å². The van der Waals surface area contributed by atoms with Gasteiger partial charge in [0.1, 0.15) is 11.9 Å². The van der Waals surface area contributed by atoms with Crippen molar-refractivity contribution < 1.29 is 14.6 Å². The van der Waals surface area contributed by atoms with Crippen molar-refractivity contribution >= 4 is 0 Å². The van der Waals surface area contributed by atoms with Gasteiger partial charge in [-0.1, -0.05) is 12.8 Å². The third-order valence-corrected chi connectivity index (χ3v) is 3.02. The summed E-state index contributed by atoms with van der Waals surface area (Å²) >= 11 is 0. The van der Waals surface area contributed by atoms with Gasteiger partial charge < -0.3 is 10.2 Å². The highest BCUT2D eigenvalue weighted by molar-refractivity contribution is 5.17. The first kappa shape index (κ1) is 10.5. The second kappa shape index (κ2) is 3.87. The average molecular weight is 211 g/mol. The summed E-state index contributed by atoms with van der Waals surface area (Å²) in [6.45, 7) is 0. The van der Waals surface area contributed by atoms with E-state index in [1.54, 1.807) is 0 Å². The number of hydrogen-bond acceptors (Lipinski definition) is 3. The maximum atomic E-state index is 12.9. The third-order valence-electron chi connectivity index (χ3n) is 3.02. The molecule has 0 aliphatic heterocycles. The molecule has 0 saturated heterocycles. The molecule has 0 amide bonds. The lowest BCUT2D eigenvalue weighted by Crippen LogP contribution is -2.33. The van der Waals surface area contributed by atoms with E-state index in [0.29, 0.717) is 18.4 Å². The fourth-order valence-electron chi connectivity index (χ4n) is 2.15. The number of halogens is 1. The van der Waals surface area contributed by atoms with Crippen LogP contribution in [0.1, 0.15) is 37.4 Å². The monoisotopic (exact) mass is 211 g/mol. The fourth-order valence-corrected chi connectivity index (χ4v) is 2.15. The molecule has 1 heterocycles. The number of pyridine rings is 1. The summed E-state index contributed by atoms with van der Waals surface area (Å²) in [5, 5.41) is 20.1. The van der Waals surface area contributed by atoms with Crippen LogP contribution in [0.25, 0.3) is 0 Å². The zero-order chi connectivity index (χ0) is 10.9. The maximum Gasteiger partial charge on any atom is 0.141 e. The van der Waals surface area contributed by atoms with Crippen LogP contribution in [0.2, 0.25) is 0 Å². The minimum Gasteiger partial charge on any atom is -0.387 e. The molecule has 1 atom stereocenters. The van der Waals surface area contributed by atoms with Crippen molar-refractivity contribution in [3.8, 4) is 0 Å². The molecule has 1 aromatic rings. The van der Waals surface area contributed by atoms with Gasteiger partial charge in [-0.05, 0) is 18.9 Å². The van der Waals surface area contributed by atoms with Gasteiger partial charge in [-0.3, -0.25) is 4.98 Å². The van der Waals surface area contributed by atoms with Crippen molar-refractivity contribution in [3.63, 3.8) is 0 Å². The van der Waals surface area contributed by atoms with E-state index >= 15 is 0 Å². The normalized spacial score (nSPS) is 21.5. The maximum absolute atomic E-state index is 12.9. The molecule has 1 aliphatic carbocycles. The number of aromatic nitrogens is 1. The molecule has 2 rings (SSSR count). The molecule has 4 heteroatoms. The van der Waals surface area contributed by atoms with Crippen LogP contribution in [-0.4, -0.2) is 20.8 Å². The van der Waals surface area contributed by atoms with Gasteiger partial charge in [0.25, 0.3) is 0 Å². The van der Waals surface area contributed by atoms with Crippen LogP contribution in [0.4, 0.5) is 4.39 Å². The van der Waals surface area contributed by atoms with Crippen molar-refractivity contribution in [2.45, 2.75) is 37.4 Å². The van der Waals surface area contributed by atoms with E-state index in [1.807, 2.05) is 0 Å². The second-order valence-electron chi connectivity index (χ2n) is 4.15. The Balaban J connectivity index is 2.23. The van der Waals surface area contributed by atoms with Gasteiger partial charge >= 0.3 is 0 Å². The first-order chi connectivity index (χ1) is 7.12. The van der Waals surface area contributed by atoms with Crippen LogP contribution in [0.15, 0.2) is 18.5 Å². The molecule has 0 aromatic carbocycles. The molecule has 0 radical (unpaired) electrons. The molecule has 15 heavy (non-hydrogen) atoms. The highest BCUT2D eigenvalue weighted by Crippen LogP contribution is 2.39. The number of rotatable bonds is 2. The van der Waals surface area contributed by atoms with Crippen molar-refractivity contribution in [2.24, 2.45) is 0 Å². The molecule has 82 valence electrons. The lowest BCUT2D eigenvalue weighted by Gasteiger charge is -2.28. The number of aliphatic hydroxyl groups is 2. The van der Waals surface area contributed by atoms with Gasteiger partial charge in [0.2, 0.25) is 0 Å². The van der Waals surface area contributed by atoms with E-state index in [2.05, 4.69) is 4.98 Å². The molecule has 1 aliphatic rings. The molecule has 0 bridgehead atoms. The van der Waals surface area contributed by atoms with Crippen LogP contribution in [0, 0.1) is 5.82 Å². The molecule has 1 aromatic heterocycles. The quantitative estimate of drug-likeness (QED) is 0.780. The zero-order valence-corrected chi connectivity index (χ0v) is 8.36. The minimum absolute atomic E-state index is 0.347. The molecule has 3 nitrogen and oxygen atoms in total. The predicted octanol–water partition coefficient (Wildman–Crippen LogP) is 1.56. The number of nitrogens with zero attached hydrogens (tertiary/aromatic N) is 1. The lowest BCUT2D eigenvalue weighted by atomic mass is 9.90. The topological polar surface area (TPSA) is 53.4 Å². The van der Waals surface area contributed by atoms with Crippen molar-refractivity contribution in [3.05, 3.63) is 29.8 Å². The van der Waals surface area contributed by atoms with Crippen LogP contribution >= 0.6 is 0 Å². The average Bonchev–Trinajstić information content (AvgIpc) is 2.65. The van der Waals surface area contributed by atoms with Gasteiger partial charge in [-0.2, -0.15) is 0 Å². The summed E-state index contributed by atoms with van der Waals surface area (Å²) in [7, 11) is 0. The smallest absolute Gasteiger partial charge is 0.141 e. The van der Waals surface area contributed by atoms with Crippen LogP contribution in [-0.2, 0) is 0 Å². The zero-order valence-electron chi connectivity index (χ0n) is 8.36. The molecular weight excluding hydrogens is 197 g/mol. The highest BCUT2D eigenvalue weighted by Gasteiger charge is 2.39. The lowest BCUT2D eigenvalue weighted by molar-refractivity contribution is -0.0721. The molecular formula is C11H14FNO2. The van der Waals surface area contributed by atoms with Crippen LogP contribution in [0.5, 0.6) is 0 Å². The van der Waals surface area contributed by atoms with E-state index in [-0.39, 0.29) is 0 Å². The van der Waals surface area contributed by atoms with Crippen LogP contribution < -0.4 is 0 Å². The molecule has 0 spiro atoms. The third kappa shape index (κ3) is 2.01. The Morgan fingerprint density at radius 1 is 1.33 bits per heavy atom. The Kier molecular flexibility index (Phi) is 2.71. The minimum atomic E-state index is -1.10. The SMILES string of the molecule is OC(c1cncc(F)c1)C1(O)CCCC1. The Hall–Kier alpha value is -1.00. The van der Waals surface area contributed by atoms with E-state index < -0.39 is 17.5 Å². The van der Waals surface area contributed by atoms with E-state index in [1.165, 1.54) is 12.3 Å². The number of aliphatic hydroxyl groups excluding tert-OH is 1. The van der Waals surface area contributed by atoms with Gasteiger partial charge in [0, 0.05) is 11.8 Å². The van der Waals surface area contributed by atoms with Gasteiger partial charge in [-0.15, -0.1) is 0 Å². The Morgan fingerprint density at radius 2 is 2.00 bits per heavy atom. The highest BCUT2D eigenvalue weighted by atomic mass is 19.1. The summed E-state index contributed by atoms with van der Waals surface area (Å²) in [5.74, 6) is -0.492. The first-order valence-corrected chi connectivity index (χ1v) is 5.13.